The van der Waals surface area contributed by atoms with Gasteiger partial charge in [-0.1, -0.05) is 12.5 Å². The van der Waals surface area contributed by atoms with Crippen LogP contribution in [-0.2, 0) is 9.84 Å². The van der Waals surface area contributed by atoms with E-state index in [0.717, 1.165) is 32.4 Å². The number of carbonyl (C=O) groups is 1. The van der Waals surface area contributed by atoms with Crippen LogP contribution in [0.25, 0.3) is 0 Å². The molecule has 0 atom stereocenters. The maximum absolute atomic E-state index is 13.4. The Morgan fingerprint density at radius 2 is 1.84 bits per heavy atom. The van der Waals surface area contributed by atoms with E-state index in [2.05, 4.69) is 20.5 Å². The monoisotopic (exact) mass is 527 g/mol. The second-order valence-electron chi connectivity index (χ2n) is 11.9. The quantitative estimate of drug-likeness (QED) is 0.470. The van der Waals surface area contributed by atoms with Crippen molar-refractivity contribution in [3.63, 3.8) is 0 Å². The first kappa shape index (κ1) is 25.9. The Bertz CT molecular complexity index is 1290. The lowest BCUT2D eigenvalue weighted by atomic mass is 9.86. The van der Waals surface area contributed by atoms with Crippen molar-refractivity contribution in [3.8, 4) is 0 Å². The minimum absolute atomic E-state index is 0.0865. The zero-order valence-electron chi connectivity index (χ0n) is 21.9. The topological polar surface area (TPSA) is 125 Å². The Morgan fingerprint density at radius 1 is 1.14 bits per heavy atom. The van der Waals surface area contributed by atoms with Gasteiger partial charge in [-0.05, 0) is 82.9 Å². The first-order chi connectivity index (χ1) is 17.5. The highest BCUT2D eigenvalue weighted by molar-refractivity contribution is 7.92. The van der Waals surface area contributed by atoms with Crippen LogP contribution < -0.4 is 15.5 Å². The maximum atomic E-state index is 13.4. The number of nitrogens with one attached hydrogen (secondary N) is 2. The lowest BCUT2D eigenvalue weighted by molar-refractivity contribution is 0.102. The summed E-state index contributed by atoms with van der Waals surface area (Å²) in [4.78, 5) is 25.0. The SMILES string of the molecule is CC(C)(CO)Nc1cnc(C(=O)Nc2cccc(S(=O)(=O)C3(C)CCC3)c2)c(N2CCC3(CC2)CC3)n1. The molecule has 1 aliphatic heterocycles. The molecular formula is C27H37N5O4S. The molecule has 3 fully saturated rings. The number of aliphatic hydroxyl groups excluding tert-OH is 1. The Hall–Kier alpha value is -2.72. The predicted molar refractivity (Wildman–Crippen MR) is 144 cm³/mol. The van der Waals surface area contributed by atoms with Crippen molar-refractivity contribution in [1.82, 2.24) is 9.97 Å². The van der Waals surface area contributed by atoms with E-state index in [1.54, 1.807) is 25.1 Å². The largest absolute Gasteiger partial charge is 0.394 e. The summed E-state index contributed by atoms with van der Waals surface area (Å²) in [6.45, 7) is 7.02. The number of aromatic nitrogens is 2. The van der Waals surface area contributed by atoms with E-state index in [9.17, 15) is 18.3 Å². The molecule has 1 spiro atoms. The first-order valence-corrected chi connectivity index (χ1v) is 14.6. The van der Waals surface area contributed by atoms with Gasteiger partial charge in [-0.2, -0.15) is 0 Å². The summed E-state index contributed by atoms with van der Waals surface area (Å²) in [5.74, 6) is 0.545. The van der Waals surface area contributed by atoms with E-state index >= 15 is 0 Å². The number of benzene rings is 1. The number of nitrogens with zero attached hydrogens (tertiary/aromatic N) is 3. The standard InChI is InChI=1S/C27H37N5O4S/c1-25(2,18-33)31-21-17-28-22(23(30-21)32-14-12-27(10-11-27)13-15-32)24(34)29-19-6-4-7-20(16-19)37(35,36)26(3)8-5-9-26/h4,6-7,16-17,33H,5,8-15,18H2,1-3H3,(H,29,34)(H,30,31). The van der Waals surface area contributed by atoms with E-state index in [-0.39, 0.29) is 17.2 Å². The third kappa shape index (κ3) is 5.05. The summed E-state index contributed by atoms with van der Waals surface area (Å²) in [5.41, 5.74) is 0.460. The van der Waals surface area contributed by atoms with Crippen LogP contribution in [0.3, 0.4) is 0 Å². The number of piperidine rings is 1. The third-order valence-corrected chi connectivity index (χ3v) is 11.0. The third-order valence-electron chi connectivity index (χ3n) is 8.37. The molecule has 0 radical (unpaired) electrons. The minimum atomic E-state index is -3.50. The number of hydrogen-bond donors (Lipinski definition) is 3. The molecular weight excluding hydrogens is 490 g/mol. The summed E-state index contributed by atoms with van der Waals surface area (Å²) in [6, 6.07) is 6.46. The molecule has 0 bridgehead atoms. The summed E-state index contributed by atoms with van der Waals surface area (Å²) >= 11 is 0. The number of carbonyl (C=O) groups excluding carboxylic acids is 1. The van der Waals surface area contributed by atoms with Gasteiger partial charge in [0.1, 0.15) is 5.82 Å². The molecule has 2 heterocycles. The molecule has 2 saturated carbocycles. The number of amides is 1. The Kier molecular flexibility index (Phi) is 6.47. The van der Waals surface area contributed by atoms with E-state index < -0.39 is 26.0 Å². The molecule has 3 aliphatic rings. The predicted octanol–water partition coefficient (Wildman–Crippen LogP) is 4.01. The van der Waals surface area contributed by atoms with Crippen molar-refractivity contribution in [2.24, 2.45) is 5.41 Å². The molecule has 37 heavy (non-hydrogen) atoms. The summed E-state index contributed by atoms with van der Waals surface area (Å²) in [7, 11) is -3.50. The molecule has 0 unspecified atom stereocenters. The molecule has 3 N–H and O–H groups in total. The fourth-order valence-corrected chi connectivity index (χ4v) is 7.17. The number of anilines is 3. The van der Waals surface area contributed by atoms with E-state index in [0.29, 0.717) is 35.6 Å². The smallest absolute Gasteiger partial charge is 0.278 e. The lowest BCUT2D eigenvalue weighted by Gasteiger charge is -2.37. The van der Waals surface area contributed by atoms with Gasteiger partial charge in [-0.15, -0.1) is 0 Å². The highest BCUT2D eigenvalue weighted by Crippen LogP contribution is 2.54. The zero-order valence-corrected chi connectivity index (χ0v) is 22.7. The van der Waals surface area contributed by atoms with Gasteiger partial charge in [0.05, 0.1) is 28.0 Å². The van der Waals surface area contributed by atoms with Crippen LogP contribution >= 0.6 is 0 Å². The van der Waals surface area contributed by atoms with Gasteiger partial charge >= 0.3 is 0 Å². The van der Waals surface area contributed by atoms with Gasteiger partial charge in [0.15, 0.2) is 21.3 Å². The van der Waals surface area contributed by atoms with Crippen LogP contribution in [0.5, 0.6) is 0 Å². The van der Waals surface area contributed by atoms with Crippen molar-refractivity contribution < 1.29 is 18.3 Å². The number of sulfone groups is 1. The number of rotatable bonds is 8. The number of aliphatic hydroxyl groups is 1. The van der Waals surface area contributed by atoms with Gasteiger partial charge < -0.3 is 20.6 Å². The van der Waals surface area contributed by atoms with E-state index in [4.69, 9.17) is 4.98 Å². The second-order valence-corrected chi connectivity index (χ2v) is 14.3. The fraction of sp³-hybridized carbons (Fsp3) is 0.593. The van der Waals surface area contributed by atoms with Crippen molar-refractivity contribution in [2.45, 2.75) is 80.9 Å². The van der Waals surface area contributed by atoms with E-state index in [1.165, 1.54) is 25.1 Å². The highest BCUT2D eigenvalue weighted by atomic mass is 32.2. The van der Waals surface area contributed by atoms with Crippen LogP contribution in [0, 0.1) is 5.41 Å². The van der Waals surface area contributed by atoms with Crippen LogP contribution in [0.1, 0.15) is 76.2 Å². The van der Waals surface area contributed by atoms with Crippen LogP contribution in [-0.4, -0.2) is 59.4 Å². The summed E-state index contributed by atoms with van der Waals surface area (Å²) in [6.07, 6.45) is 8.37. The molecule has 200 valence electrons. The summed E-state index contributed by atoms with van der Waals surface area (Å²) < 4.78 is 25.6. The Balaban J connectivity index is 1.41. The molecule has 9 nitrogen and oxygen atoms in total. The van der Waals surface area contributed by atoms with Crippen molar-refractivity contribution in [3.05, 3.63) is 36.2 Å². The van der Waals surface area contributed by atoms with Gasteiger partial charge in [0, 0.05) is 18.8 Å². The van der Waals surface area contributed by atoms with Crippen molar-refractivity contribution in [1.29, 1.82) is 0 Å². The van der Waals surface area contributed by atoms with E-state index in [1.807, 2.05) is 13.8 Å². The molecule has 5 rings (SSSR count). The van der Waals surface area contributed by atoms with Crippen molar-refractivity contribution >= 4 is 33.1 Å². The normalized spacial score (nSPS) is 20.3. The van der Waals surface area contributed by atoms with Crippen LogP contribution in [0.15, 0.2) is 35.4 Å². The molecule has 1 saturated heterocycles. The lowest BCUT2D eigenvalue weighted by Crippen LogP contribution is -2.42. The Morgan fingerprint density at radius 3 is 2.43 bits per heavy atom. The second kappa shape index (κ2) is 9.23. The molecule has 2 aliphatic carbocycles. The number of hydrogen-bond acceptors (Lipinski definition) is 8. The zero-order chi connectivity index (χ0) is 26.5. The fourth-order valence-electron chi connectivity index (χ4n) is 5.24. The van der Waals surface area contributed by atoms with Crippen molar-refractivity contribution in [2.75, 3.05) is 35.2 Å². The highest BCUT2D eigenvalue weighted by Gasteiger charge is 2.46. The van der Waals surface area contributed by atoms with Crippen LogP contribution in [0.2, 0.25) is 0 Å². The van der Waals surface area contributed by atoms with Gasteiger partial charge in [-0.3, -0.25) is 4.79 Å². The molecule has 2 aromatic rings. The van der Waals surface area contributed by atoms with Gasteiger partial charge in [0.2, 0.25) is 0 Å². The minimum Gasteiger partial charge on any atom is -0.394 e. The molecule has 1 aromatic heterocycles. The Labute approximate surface area is 219 Å². The molecule has 1 aromatic carbocycles. The maximum Gasteiger partial charge on any atom is 0.278 e. The first-order valence-electron chi connectivity index (χ1n) is 13.1. The summed E-state index contributed by atoms with van der Waals surface area (Å²) in [5, 5.41) is 15.7. The average Bonchev–Trinajstić information content (AvgIpc) is 3.61. The molecule has 1 amide bonds. The molecule has 10 heteroatoms. The van der Waals surface area contributed by atoms with Crippen LogP contribution in [0.4, 0.5) is 17.3 Å². The average molecular weight is 528 g/mol. The van der Waals surface area contributed by atoms with Gasteiger partial charge in [-0.25, -0.2) is 18.4 Å². The van der Waals surface area contributed by atoms with Gasteiger partial charge in [0.25, 0.3) is 5.91 Å².